The Morgan fingerprint density at radius 1 is 1.28 bits per heavy atom. The average Bonchev–Trinajstić information content (AvgIpc) is 2.95. The minimum Gasteiger partial charge on any atom is -0.505 e. The van der Waals surface area contributed by atoms with E-state index in [0.717, 1.165) is 23.1 Å². The van der Waals surface area contributed by atoms with E-state index in [2.05, 4.69) is 29.3 Å². The smallest absolute Gasteiger partial charge is 0.153 e. The van der Waals surface area contributed by atoms with Crippen LogP contribution in [-0.2, 0) is 13.1 Å². The number of hydrogen-bond acceptors (Lipinski definition) is 3. The van der Waals surface area contributed by atoms with E-state index in [4.69, 9.17) is 0 Å². The minimum atomic E-state index is 0.175. The average molecular weight is 242 g/mol. The molecule has 0 aliphatic carbocycles. The van der Waals surface area contributed by atoms with Gasteiger partial charge in [-0.1, -0.05) is 18.2 Å². The molecule has 1 N–H and O–H groups in total. The van der Waals surface area contributed by atoms with Crippen LogP contribution in [-0.4, -0.2) is 24.7 Å². The van der Waals surface area contributed by atoms with Crippen molar-refractivity contribution < 1.29 is 5.11 Å². The molecule has 0 saturated carbocycles. The van der Waals surface area contributed by atoms with Crippen LogP contribution in [0.15, 0.2) is 36.7 Å². The van der Waals surface area contributed by atoms with Crippen LogP contribution < -0.4 is 0 Å². The summed E-state index contributed by atoms with van der Waals surface area (Å²) < 4.78 is 3.66. The molecule has 0 aliphatic heterocycles. The molecule has 0 bridgehead atoms. The molecule has 0 radical (unpaired) electrons. The van der Waals surface area contributed by atoms with E-state index in [1.807, 2.05) is 16.8 Å². The van der Waals surface area contributed by atoms with Gasteiger partial charge < -0.3 is 5.11 Å². The highest BCUT2D eigenvalue weighted by atomic mass is 16.3. The predicted octanol–water partition coefficient (Wildman–Crippen LogP) is 2.01. The number of benzene rings is 1. The van der Waals surface area contributed by atoms with Crippen LogP contribution in [0.3, 0.4) is 0 Å². The first-order valence-electron chi connectivity index (χ1n) is 5.94. The van der Waals surface area contributed by atoms with Crippen molar-refractivity contribution in [3.8, 4) is 5.75 Å². The topological polar surface area (TPSA) is 55.9 Å². The Morgan fingerprint density at radius 2 is 2.11 bits per heavy atom. The second-order valence-corrected chi connectivity index (χ2v) is 4.18. The van der Waals surface area contributed by atoms with Crippen LogP contribution in [0, 0.1) is 0 Å². The lowest BCUT2D eigenvalue weighted by molar-refractivity contribution is 0.474. The van der Waals surface area contributed by atoms with Gasteiger partial charge in [0.1, 0.15) is 0 Å². The molecule has 0 aliphatic rings. The zero-order valence-electron chi connectivity index (χ0n) is 10.1. The fourth-order valence-corrected chi connectivity index (χ4v) is 2.15. The molecule has 5 heteroatoms. The van der Waals surface area contributed by atoms with E-state index in [1.54, 1.807) is 10.9 Å². The molecular weight excluding hydrogens is 228 g/mol. The third kappa shape index (κ3) is 1.73. The van der Waals surface area contributed by atoms with Gasteiger partial charge in [-0.15, -0.1) is 0 Å². The largest absolute Gasteiger partial charge is 0.505 e. The van der Waals surface area contributed by atoms with Crippen molar-refractivity contribution in [3.63, 3.8) is 0 Å². The fraction of sp³-hybridized carbons (Fsp3) is 0.231. The van der Waals surface area contributed by atoms with Crippen LogP contribution in [0.2, 0.25) is 0 Å². The van der Waals surface area contributed by atoms with Crippen molar-refractivity contribution in [2.45, 2.75) is 20.0 Å². The second-order valence-electron chi connectivity index (χ2n) is 4.18. The Labute approximate surface area is 104 Å². The van der Waals surface area contributed by atoms with E-state index in [9.17, 15) is 5.11 Å². The van der Waals surface area contributed by atoms with Crippen molar-refractivity contribution in [1.29, 1.82) is 0 Å². The van der Waals surface area contributed by atoms with Gasteiger partial charge in [0.2, 0.25) is 0 Å². The van der Waals surface area contributed by atoms with Gasteiger partial charge in [0.25, 0.3) is 0 Å². The molecule has 0 fully saturated rings. The molecule has 2 heterocycles. The highest BCUT2D eigenvalue weighted by Gasteiger charge is 2.09. The van der Waals surface area contributed by atoms with Gasteiger partial charge in [-0.25, -0.2) is 0 Å². The molecule has 0 amide bonds. The first-order valence-corrected chi connectivity index (χ1v) is 5.94. The summed E-state index contributed by atoms with van der Waals surface area (Å²) in [5.41, 5.74) is 2.10. The summed E-state index contributed by atoms with van der Waals surface area (Å²) >= 11 is 0. The van der Waals surface area contributed by atoms with Gasteiger partial charge in [0.15, 0.2) is 5.75 Å². The number of rotatable bonds is 3. The number of nitrogens with zero attached hydrogens (tertiary/aromatic N) is 4. The number of aryl methyl sites for hydroxylation is 1. The van der Waals surface area contributed by atoms with Gasteiger partial charge in [-0.05, 0) is 13.0 Å². The zero-order valence-corrected chi connectivity index (χ0v) is 10.1. The highest BCUT2D eigenvalue weighted by Crippen LogP contribution is 2.19. The standard InChI is InChI=1S/C13H14N4O/c1-2-17-13-6-4-3-5-11(13)12(15-17)9-16-8-10(18)7-14-16/h3-8,18H,2,9H2,1H3. The van der Waals surface area contributed by atoms with Crippen molar-refractivity contribution in [3.05, 3.63) is 42.4 Å². The Bertz CT molecular complexity index is 683. The lowest BCUT2D eigenvalue weighted by Crippen LogP contribution is -2.02. The van der Waals surface area contributed by atoms with Crippen LogP contribution in [0.4, 0.5) is 0 Å². The molecule has 2 aromatic heterocycles. The van der Waals surface area contributed by atoms with Crippen LogP contribution in [0.1, 0.15) is 12.6 Å². The van der Waals surface area contributed by atoms with Crippen molar-refractivity contribution in [2.24, 2.45) is 0 Å². The third-order valence-corrected chi connectivity index (χ3v) is 2.97. The summed E-state index contributed by atoms with van der Waals surface area (Å²) in [6.45, 7) is 3.47. The van der Waals surface area contributed by atoms with Gasteiger partial charge in [0.05, 0.1) is 30.1 Å². The first-order chi connectivity index (χ1) is 8.78. The fourth-order valence-electron chi connectivity index (χ4n) is 2.15. The van der Waals surface area contributed by atoms with Crippen LogP contribution in [0.5, 0.6) is 5.75 Å². The zero-order chi connectivity index (χ0) is 12.5. The monoisotopic (exact) mass is 242 g/mol. The Morgan fingerprint density at radius 3 is 2.83 bits per heavy atom. The molecule has 0 atom stereocenters. The molecule has 0 unspecified atom stereocenters. The predicted molar refractivity (Wildman–Crippen MR) is 68.4 cm³/mol. The van der Waals surface area contributed by atoms with Gasteiger partial charge >= 0.3 is 0 Å². The first kappa shape index (κ1) is 10.8. The molecule has 18 heavy (non-hydrogen) atoms. The van der Waals surface area contributed by atoms with Gasteiger partial charge in [0, 0.05) is 11.9 Å². The molecule has 3 aromatic rings. The van der Waals surface area contributed by atoms with E-state index in [1.165, 1.54) is 6.20 Å². The van der Waals surface area contributed by atoms with Gasteiger partial charge in [-0.2, -0.15) is 10.2 Å². The molecule has 3 rings (SSSR count). The molecule has 1 aromatic carbocycles. The van der Waals surface area contributed by atoms with Crippen molar-refractivity contribution >= 4 is 10.9 Å². The molecule has 0 saturated heterocycles. The number of para-hydroxylation sites is 1. The minimum absolute atomic E-state index is 0.175. The molecular formula is C13H14N4O. The Hall–Kier alpha value is -2.30. The lowest BCUT2D eigenvalue weighted by atomic mass is 10.2. The van der Waals surface area contributed by atoms with Crippen molar-refractivity contribution in [1.82, 2.24) is 19.6 Å². The highest BCUT2D eigenvalue weighted by molar-refractivity contribution is 5.81. The van der Waals surface area contributed by atoms with Crippen molar-refractivity contribution in [2.75, 3.05) is 0 Å². The maximum atomic E-state index is 9.29. The van der Waals surface area contributed by atoms with E-state index >= 15 is 0 Å². The summed E-state index contributed by atoms with van der Waals surface area (Å²) in [5, 5.41) is 19.1. The molecule has 0 spiro atoms. The maximum absolute atomic E-state index is 9.29. The Kier molecular flexibility index (Phi) is 2.51. The van der Waals surface area contributed by atoms with Crippen LogP contribution >= 0.6 is 0 Å². The summed E-state index contributed by atoms with van der Waals surface area (Å²) in [5.74, 6) is 0.175. The Balaban J connectivity index is 2.06. The summed E-state index contributed by atoms with van der Waals surface area (Å²) in [4.78, 5) is 0. The third-order valence-electron chi connectivity index (χ3n) is 2.97. The van der Waals surface area contributed by atoms with Gasteiger partial charge in [-0.3, -0.25) is 9.36 Å². The number of fused-ring (bicyclic) bond motifs is 1. The summed E-state index contributed by atoms with van der Waals surface area (Å²) in [6, 6.07) is 8.15. The molecule has 92 valence electrons. The maximum Gasteiger partial charge on any atom is 0.153 e. The van der Waals surface area contributed by atoms with E-state index in [0.29, 0.717) is 6.54 Å². The number of aromatic hydroxyl groups is 1. The molecule has 5 nitrogen and oxygen atoms in total. The quantitative estimate of drug-likeness (QED) is 0.764. The SMILES string of the molecule is CCn1nc(Cn2cc(O)cn2)c2ccccc21. The second kappa shape index (κ2) is 4.18. The normalized spacial score (nSPS) is 11.2. The van der Waals surface area contributed by atoms with Crippen LogP contribution in [0.25, 0.3) is 10.9 Å². The number of hydrogen-bond donors (Lipinski definition) is 1. The number of aromatic nitrogens is 4. The summed E-state index contributed by atoms with van der Waals surface area (Å²) in [7, 11) is 0. The summed E-state index contributed by atoms with van der Waals surface area (Å²) in [6.07, 6.45) is 3.03. The van der Waals surface area contributed by atoms with E-state index in [-0.39, 0.29) is 5.75 Å². The van der Waals surface area contributed by atoms with E-state index < -0.39 is 0 Å². The lowest BCUT2D eigenvalue weighted by Gasteiger charge is -1.97.